The third kappa shape index (κ3) is 8.54. The molecule has 2 aromatic carbocycles. The number of aryl methyl sites for hydroxylation is 2. The highest BCUT2D eigenvalue weighted by Gasteiger charge is 2.66. The molecule has 0 saturated heterocycles. The number of hydrogen-bond acceptors (Lipinski definition) is 0. The molecular weight excluding hydrogens is 712 g/mol. The highest BCUT2D eigenvalue weighted by atomic mass is 79.9. The Balaban J connectivity index is 1.56. The van der Waals surface area contributed by atoms with Crippen molar-refractivity contribution >= 4 is 31.9 Å². The molecular formula is C46H70Br2. The van der Waals surface area contributed by atoms with Crippen molar-refractivity contribution in [1.29, 1.82) is 0 Å². The van der Waals surface area contributed by atoms with Gasteiger partial charge in [0, 0.05) is 19.8 Å². The van der Waals surface area contributed by atoms with Crippen molar-refractivity contribution in [2.24, 2.45) is 11.8 Å². The van der Waals surface area contributed by atoms with Crippen LogP contribution in [-0.2, 0) is 23.7 Å². The molecule has 0 spiro atoms. The van der Waals surface area contributed by atoms with Gasteiger partial charge in [0.05, 0.1) is 0 Å². The molecule has 0 unspecified atom stereocenters. The zero-order valence-electron chi connectivity index (χ0n) is 31.6. The highest BCUT2D eigenvalue weighted by Crippen LogP contribution is 2.73. The van der Waals surface area contributed by atoms with Crippen LogP contribution in [0.15, 0.2) is 33.2 Å². The molecule has 0 amide bonds. The second kappa shape index (κ2) is 18.8. The molecule has 3 aliphatic rings. The van der Waals surface area contributed by atoms with Gasteiger partial charge in [0.2, 0.25) is 0 Å². The van der Waals surface area contributed by atoms with Crippen LogP contribution in [0.25, 0.3) is 11.1 Å². The van der Waals surface area contributed by atoms with Gasteiger partial charge in [-0.05, 0) is 121 Å². The molecule has 2 heteroatoms. The topological polar surface area (TPSA) is 0 Å². The summed E-state index contributed by atoms with van der Waals surface area (Å²) in [6.07, 6.45) is 35.6. The summed E-state index contributed by atoms with van der Waals surface area (Å²) < 4.78 is 2.79. The van der Waals surface area contributed by atoms with Gasteiger partial charge < -0.3 is 0 Å². The fourth-order valence-corrected chi connectivity index (χ4v) is 11.9. The first kappa shape index (κ1) is 38.6. The van der Waals surface area contributed by atoms with Crippen LogP contribution in [0.1, 0.15) is 204 Å². The summed E-state index contributed by atoms with van der Waals surface area (Å²) >= 11 is 8.41. The third-order valence-corrected chi connectivity index (χ3v) is 14.7. The maximum Gasteiger partial charge on any atom is 0.0210 e. The smallest absolute Gasteiger partial charge is 0.0210 e. The van der Waals surface area contributed by atoms with Crippen LogP contribution in [0.5, 0.6) is 0 Å². The molecule has 0 radical (unpaired) electrons. The summed E-state index contributed by atoms with van der Waals surface area (Å²) in [6.45, 7) is 9.35. The first-order valence-corrected chi connectivity index (χ1v) is 22.7. The molecule has 3 aliphatic carbocycles. The molecule has 268 valence electrons. The molecule has 0 atom stereocenters. The molecule has 2 aromatic rings. The van der Waals surface area contributed by atoms with Gasteiger partial charge in [-0.25, -0.2) is 0 Å². The molecule has 0 aromatic heterocycles. The maximum absolute atomic E-state index is 4.20. The van der Waals surface area contributed by atoms with E-state index in [0.29, 0.717) is 10.8 Å². The van der Waals surface area contributed by atoms with Crippen molar-refractivity contribution in [2.45, 2.75) is 205 Å². The molecule has 0 heterocycles. The van der Waals surface area contributed by atoms with Crippen LogP contribution in [0.3, 0.4) is 0 Å². The number of benzene rings is 2. The first-order chi connectivity index (χ1) is 23.4. The first-order valence-electron chi connectivity index (χ1n) is 21.1. The molecule has 5 rings (SSSR count). The van der Waals surface area contributed by atoms with Crippen LogP contribution < -0.4 is 0 Å². The Morgan fingerprint density at radius 2 is 0.792 bits per heavy atom. The Morgan fingerprint density at radius 1 is 0.458 bits per heavy atom. The summed E-state index contributed by atoms with van der Waals surface area (Å²) in [7, 11) is 0. The summed E-state index contributed by atoms with van der Waals surface area (Å²) in [6, 6.07) is 10.8. The Kier molecular flexibility index (Phi) is 15.1. The molecule has 2 saturated carbocycles. The number of halogens is 2. The third-order valence-electron chi connectivity index (χ3n) is 13.2. The highest BCUT2D eigenvalue weighted by molar-refractivity contribution is 9.10. The molecule has 48 heavy (non-hydrogen) atoms. The van der Waals surface area contributed by atoms with E-state index in [1.54, 1.807) is 33.4 Å². The molecule has 0 aliphatic heterocycles. The van der Waals surface area contributed by atoms with Crippen molar-refractivity contribution in [1.82, 2.24) is 0 Å². The monoisotopic (exact) mass is 780 g/mol. The Hall–Kier alpha value is -0.600. The predicted octanol–water partition coefficient (Wildman–Crippen LogP) is 16.2. The normalized spacial score (nSPS) is 24.0. The lowest BCUT2D eigenvalue weighted by Gasteiger charge is -2.48. The molecule has 0 bridgehead atoms. The number of rotatable bonds is 22. The van der Waals surface area contributed by atoms with Crippen molar-refractivity contribution in [3.05, 3.63) is 55.5 Å². The van der Waals surface area contributed by atoms with Crippen molar-refractivity contribution in [2.75, 3.05) is 0 Å². The lowest BCUT2D eigenvalue weighted by Crippen LogP contribution is -2.43. The van der Waals surface area contributed by atoms with Crippen LogP contribution in [-0.4, -0.2) is 0 Å². The van der Waals surface area contributed by atoms with Crippen LogP contribution in [0.4, 0.5) is 0 Å². The number of hydrogen-bond donors (Lipinski definition) is 0. The fraction of sp³-hybridized carbons (Fsp3) is 0.739. The van der Waals surface area contributed by atoms with E-state index in [0.717, 1.165) is 11.8 Å². The summed E-state index contributed by atoms with van der Waals surface area (Å²) in [5.41, 5.74) is 10.4. The van der Waals surface area contributed by atoms with E-state index in [-0.39, 0.29) is 0 Å². The summed E-state index contributed by atoms with van der Waals surface area (Å²) in [4.78, 5) is 0. The van der Waals surface area contributed by atoms with Gasteiger partial charge in [0.1, 0.15) is 0 Å². The minimum absolute atomic E-state index is 0.294. The molecule has 2 fully saturated rings. The quantitative estimate of drug-likeness (QED) is 0.104. The maximum atomic E-state index is 4.20. The zero-order chi connectivity index (χ0) is 34.0. The van der Waals surface area contributed by atoms with E-state index in [1.807, 2.05) is 0 Å². The standard InChI is InChI=1S/C46H70Br2/c1-5-9-13-17-19-23-35-31-45-33-36(24-20-18-14-10-6-2)34-46(45,32-35)42-30-44(48)38(26-22-16-12-8-4)28-40(42)39-27-37(25-21-15-11-7-3)43(47)29-41(39)45/h27-30,35-36H,5-26,31-34H2,1-4H3/t35?,36?,45-,46+. The molecule has 0 nitrogen and oxygen atoms in total. The lowest BCUT2D eigenvalue weighted by atomic mass is 9.55. The number of fused-ring (bicyclic) bond motifs is 3. The average molecular weight is 783 g/mol. The van der Waals surface area contributed by atoms with E-state index < -0.39 is 0 Å². The van der Waals surface area contributed by atoms with Crippen molar-refractivity contribution in [3.63, 3.8) is 0 Å². The number of unbranched alkanes of at least 4 members (excludes halogenated alkanes) is 14. The van der Waals surface area contributed by atoms with Crippen molar-refractivity contribution < 1.29 is 0 Å². The zero-order valence-corrected chi connectivity index (χ0v) is 34.8. The van der Waals surface area contributed by atoms with Gasteiger partial charge >= 0.3 is 0 Å². The predicted molar refractivity (Wildman–Crippen MR) is 219 cm³/mol. The molecule has 0 N–H and O–H groups in total. The minimum atomic E-state index is 0.294. The second-order valence-electron chi connectivity index (χ2n) is 16.7. The fourth-order valence-electron chi connectivity index (χ4n) is 10.8. The average Bonchev–Trinajstić information content (AvgIpc) is 3.57. The Labute approximate surface area is 314 Å². The van der Waals surface area contributed by atoms with Gasteiger partial charge in [-0.2, -0.15) is 0 Å². The van der Waals surface area contributed by atoms with Crippen LogP contribution >= 0.6 is 31.9 Å². The van der Waals surface area contributed by atoms with E-state index in [2.05, 4.69) is 83.8 Å². The van der Waals surface area contributed by atoms with Crippen LogP contribution in [0, 0.1) is 11.8 Å². The largest absolute Gasteiger partial charge is 0.0654 e. The Morgan fingerprint density at radius 3 is 1.15 bits per heavy atom. The van der Waals surface area contributed by atoms with E-state index in [1.165, 1.54) is 176 Å². The minimum Gasteiger partial charge on any atom is -0.0654 e. The van der Waals surface area contributed by atoms with Gasteiger partial charge in [0.25, 0.3) is 0 Å². The van der Waals surface area contributed by atoms with Gasteiger partial charge in [0.15, 0.2) is 0 Å². The van der Waals surface area contributed by atoms with Gasteiger partial charge in [-0.1, -0.05) is 175 Å². The summed E-state index contributed by atoms with van der Waals surface area (Å²) in [5, 5.41) is 0. The lowest BCUT2D eigenvalue weighted by molar-refractivity contribution is 0.298. The summed E-state index contributed by atoms with van der Waals surface area (Å²) in [5.74, 6) is 1.71. The van der Waals surface area contributed by atoms with Gasteiger partial charge in [-0.3, -0.25) is 0 Å². The Bertz CT molecular complexity index is 1180. The van der Waals surface area contributed by atoms with E-state index in [4.69, 9.17) is 0 Å². The van der Waals surface area contributed by atoms with Crippen LogP contribution in [0.2, 0.25) is 0 Å². The van der Waals surface area contributed by atoms with E-state index in [9.17, 15) is 0 Å². The van der Waals surface area contributed by atoms with Gasteiger partial charge in [-0.15, -0.1) is 0 Å². The van der Waals surface area contributed by atoms with Crippen molar-refractivity contribution in [3.8, 4) is 11.1 Å². The second-order valence-corrected chi connectivity index (χ2v) is 18.4. The van der Waals surface area contributed by atoms with E-state index >= 15 is 0 Å². The SMILES string of the molecule is CCCCCCCC1C[C@]23CC(CCCCCCC)C[C@@]2(C1)c1cc(Br)c(CCCCCC)cc1-c1cc(CCCCCC)c(Br)cc13.